The molecule has 0 radical (unpaired) electrons. The van der Waals surface area contributed by atoms with Crippen molar-refractivity contribution in [3.8, 4) is 0 Å². The van der Waals surface area contributed by atoms with E-state index in [1.54, 1.807) is 4.90 Å². The Labute approximate surface area is 198 Å². The van der Waals surface area contributed by atoms with Crippen LogP contribution in [-0.2, 0) is 16.1 Å². The van der Waals surface area contributed by atoms with Gasteiger partial charge in [0, 0.05) is 26.1 Å². The summed E-state index contributed by atoms with van der Waals surface area (Å²) in [6.07, 6.45) is 3.99. The molecule has 1 heterocycles. The minimum absolute atomic E-state index is 0.116. The number of amides is 2. The highest BCUT2D eigenvalue weighted by Gasteiger charge is 2.32. The highest BCUT2D eigenvalue weighted by Crippen LogP contribution is 2.32. The molecular formula is C25H26N2O3S2. The van der Waals surface area contributed by atoms with Crippen molar-refractivity contribution in [3.05, 3.63) is 88.3 Å². The predicted octanol–water partition coefficient (Wildman–Crippen LogP) is 4.25. The Morgan fingerprint density at radius 2 is 1.78 bits per heavy atom. The van der Waals surface area contributed by atoms with Crippen LogP contribution >= 0.6 is 24.0 Å². The topological polar surface area (TPSA) is 60.9 Å². The van der Waals surface area contributed by atoms with Crippen LogP contribution in [0.3, 0.4) is 0 Å². The molecule has 1 saturated heterocycles. The van der Waals surface area contributed by atoms with Crippen LogP contribution in [0.15, 0.2) is 77.2 Å². The maximum absolute atomic E-state index is 12.9. The molecule has 0 atom stereocenters. The number of hydrogen-bond donors (Lipinski definition) is 1. The summed E-state index contributed by atoms with van der Waals surface area (Å²) in [5, 5.41) is 9.36. The largest absolute Gasteiger partial charge is 0.395 e. The Bertz CT molecular complexity index is 1020. The molecule has 5 nitrogen and oxygen atoms in total. The number of aliphatic hydroxyl groups is 1. The van der Waals surface area contributed by atoms with E-state index < -0.39 is 0 Å². The second-order valence-corrected chi connectivity index (χ2v) is 9.08. The molecule has 166 valence electrons. The van der Waals surface area contributed by atoms with Crippen LogP contribution in [0, 0.1) is 0 Å². The van der Waals surface area contributed by atoms with Gasteiger partial charge in [-0.15, -0.1) is 0 Å². The van der Waals surface area contributed by atoms with Crippen molar-refractivity contribution >= 4 is 46.2 Å². The molecule has 0 saturated carbocycles. The average Bonchev–Trinajstić information content (AvgIpc) is 3.05. The van der Waals surface area contributed by atoms with Gasteiger partial charge in [-0.1, -0.05) is 90.7 Å². The number of rotatable bonds is 9. The van der Waals surface area contributed by atoms with Crippen molar-refractivity contribution < 1.29 is 14.7 Å². The number of allylic oxidation sites excluding steroid dienone is 2. The number of aliphatic hydroxyl groups excluding tert-OH is 1. The second kappa shape index (κ2) is 11.8. The smallest absolute Gasteiger partial charge is 0.266 e. The highest BCUT2D eigenvalue weighted by molar-refractivity contribution is 8.26. The fourth-order valence-corrected chi connectivity index (χ4v) is 4.69. The Balaban J connectivity index is 1.62. The van der Waals surface area contributed by atoms with Crippen molar-refractivity contribution in [3.63, 3.8) is 0 Å². The lowest BCUT2D eigenvalue weighted by Gasteiger charge is -2.23. The van der Waals surface area contributed by atoms with Gasteiger partial charge in [-0.2, -0.15) is 0 Å². The number of benzene rings is 2. The third-order valence-electron chi connectivity index (χ3n) is 4.91. The van der Waals surface area contributed by atoms with Gasteiger partial charge in [0.1, 0.15) is 4.32 Å². The van der Waals surface area contributed by atoms with Gasteiger partial charge in [0.2, 0.25) is 5.91 Å². The molecule has 2 aromatic rings. The minimum Gasteiger partial charge on any atom is -0.395 e. The Kier molecular flexibility index (Phi) is 8.79. The van der Waals surface area contributed by atoms with Crippen molar-refractivity contribution in [2.24, 2.45) is 0 Å². The molecule has 1 fully saturated rings. The van der Waals surface area contributed by atoms with E-state index >= 15 is 0 Å². The first-order chi connectivity index (χ1) is 15.5. The summed E-state index contributed by atoms with van der Waals surface area (Å²) in [7, 11) is 0. The number of thioether (sulfide) groups is 1. The van der Waals surface area contributed by atoms with Crippen molar-refractivity contribution in [2.45, 2.75) is 19.9 Å². The van der Waals surface area contributed by atoms with Gasteiger partial charge in [0.15, 0.2) is 0 Å². The van der Waals surface area contributed by atoms with E-state index in [0.717, 1.165) is 16.7 Å². The molecule has 0 spiro atoms. The van der Waals surface area contributed by atoms with E-state index in [0.29, 0.717) is 15.8 Å². The standard InChI is InChI=1S/C25H26N2O3S2/c1-19(16-20-8-4-2-5-9-20)17-22-24(30)27(25(31)32-22)13-12-23(29)26(14-15-28)18-21-10-6-3-7-11-21/h2-11,16-17,28H,12-15,18H2,1H3. The molecule has 0 unspecified atom stereocenters. The van der Waals surface area contributed by atoms with E-state index in [1.807, 2.05) is 79.7 Å². The van der Waals surface area contributed by atoms with Gasteiger partial charge in [0.25, 0.3) is 5.91 Å². The summed E-state index contributed by atoms with van der Waals surface area (Å²) >= 11 is 6.65. The van der Waals surface area contributed by atoms with Crippen LogP contribution in [0.5, 0.6) is 0 Å². The van der Waals surface area contributed by atoms with Crippen molar-refractivity contribution in [2.75, 3.05) is 19.7 Å². The Morgan fingerprint density at radius 3 is 2.44 bits per heavy atom. The lowest BCUT2D eigenvalue weighted by Crippen LogP contribution is -2.37. The molecule has 3 rings (SSSR count). The number of hydrogen-bond acceptors (Lipinski definition) is 5. The monoisotopic (exact) mass is 466 g/mol. The minimum atomic E-state index is -0.176. The second-order valence-electron chi connectivity index (χ2n) is 7.41. The molecular weight excluding hydrogens is 440 g/mol. The number of nitrogens with zero attached hydrogens (tertiary/aromatic N) is 2. The van der Waals surface area contributed by atoms with Gasteiger partial charge in [0.05, 0.1) is 11.5 Å². The summed E-state index contributed by atoms with van der Waals surface area (Å²) in [4.78, 5) is 29.3. The molecule has 7 heteroatoms. The fraction of sp³-hybridized carbons (Fsp3) is 0.240. The SMILES string of the molecule is CC(=Cc1ccccc1)C=C1SC(=S)N(CCC(=O)N(CCO)Cc2ccccc2)C1=O. The van der Waals surface area contributed by atoms with E-state index in [1.165, 1.54) is 16.7 Å². The lowest BCUT2D eigenvalue weighted by atomic mass is 10.1. The molecule has 0 aliphatic carbocycles. The van der Waals surface area contributed by atoms with Crippen molar-refractivity contribution in [1.29, 1.82) is 0 Å². The van der Waals surface area contributed by atoms with Crippen LogP contribution in [0.1, 0.15) is 24.5 Å². The highest BCUT2D eigenvalue weighted by atomic mass is 32.2. The van der Waals surface area contributed by atoms with Crippen LogP contribution in [-0.4, -0.2) is 50.7 Å². The molecule has 32 heavy (non-hydrogen) atoms. The molecule has 2 amide bonds. The molecule has 1 aliphatic heterocycles. The van der Waals surface area contributed by atoms with Crippen LogP contribution in [0.4, 0.5) is 0 Å². The normalized spacial score (nSPS) is 15.5. The number of carbonyl (C=O) groups is 2. The third kappa shape index (κ3) is 6.63. The summed E-state index contributed by atoms with van der Waals surface area (Å²) < 4.78 is 0.457. The maximum Gasteiger partial charge on any atom is 0.266 e. The Hall–Kier alpha value is -2.74. The van der Waals surface area contributed by atoms with Crippen LogP contribution in [0.2, 0.25) is 0 Å². The van der Waals surface area contributed by atoms with Gasteiger partial charge in [-0.05, 0) is 29.7 Å². The molecule has 1 aliphatic rings. The van der Waals surface area contributed by atoms with E-state index in [2.05, 4.69) is 0 Å². The summed E-state index contributed by atoms with van der Waals surface area (Å²) in [5.41, 5.74) is 3.00. The zero-order chi connectivity index (χ0) is 22.9. The summed E-state index contributed by atoms with van der Waals surface area (Å²) in [5.74, 6) is -0.300. The first-order valence-electron chi connectivity index (χ1n) is 10.4. The zero-order valence-electron chi connectivity index (χ0n) is 17.9. The maximum atomic E-state index is 12.9. The van der Waals surface area contributed by atoms with Crippen LogP contribution in [0.25, 0.3) is 6.08 Å². The molecule has 2 aromatic carbocycles. The Morgan fingerprint density at radius 1 is 1.12 bits per heavy atom. The lowest BCUT2D eigenvalue weighted by molar-refractivity contribution is -0.132. The number of thiocarbonyl (C=S) groups is 1. The number of carbonyl (C=O) groups excluding carboxylic acids is 2. The molecule has 1 N–H and O–H groups in total. The first-order valence-corrected chi connectivity index (χ1v) is 11.6. The fourth-order valence-electron chi connectivity index (χ4n) is 3.34. The van der Waals surface area contributed by atoms with E-state index in [9.17, 15) is 14.7 Å². The average molecular weight is 467 g/mol. The van der Waals surface area contributed by atoms with Crippen molar-refractivity contribution in [1.82, 2.24) is 9.80 Å². The van der Waals surface area contributed by atoms with Gasteiger partial charge in [-0.25, -0.2) is 0 Å². The van der Waals surface area contributed by atoms with Gasteiger partial charge < -0.3 is 10.0 Å². The summed E-state index contributed by atoms with van der Waals surface area (Å²) in [6.45, 7) is 2.71. The zero-order valence-corrected chi connectivity index (χ0v) is 19.6. The predicted molar refractivity (Wildman–Crippen MR) is 134 cm³/mol. The van der Waals surface area contributed by atoms with Gasteiger partial charge >= 0.3 is 0 Å². The van der Waals surface area contributed by atoms with Crippen LogP contribution < -0.4 is 0 Å². The van der Waals surface area contributed by atoms with E-state index in [4.69, 9.17) is 12.2 Å². The molecule has 0 bridgehead atoms. The third-order valence-corrected chi connectivity index (χ3v) is 6.29. The van der Waals surface area contributed by atoms with E-state index in [-0.39, 0.29) is 37.9 Å². The quantitative estimate of drug-likeness (QED) is 0.442. The van der Waals surface area contributed by atoms with Gasteiger partial charge in [-0.3, -0.25) is 14.5 Å². The summed E-state index contributed by atoms with van der Waals surface area (Å²) in [6, 6.07) is 19.5. The molecule has 0 aromatic heterocycles. The first kappa shape index (κ1) is 23.9.